The Labute approximate surface area is 143 Å². The van der Waals surface area contributed by atoms with Crippen LogP contribution in [0.1, 0.15) is 18.4 Å². The van der Waals surface area contributed by atoms with Gasteiger partial charge in [-0.05, 0) is 12.1 Å². The van der Waals surface area contributed by atoms with Gasteiger partial charge >= 0.3 is 0 Å². The summed E-state index contributed by atoms with van der Waals surface area (Å²) >= 11 is 1.71. The normalized spacial score (nSPS) is 12.4. The first kappa shape index (κ1) is 13.7. The Morgan fingerprint density at radius 3 is 2.79 bits per heavy atom. The summed E-state index contributed by atoms with van der Waals surface area (Å²) in [7, 11) is 0. The number of fused-ring (bicyclic) bond motifs is 5. The molecule has 0 N–H and O–H groups in total. The van der Waals surface area contributed by atoms with Crippen molar-refractivity contribution in [1.82, 2.24) is 24.3 Å². The number of nitrogens with zero attached hydrogens (tertiary/aromatic N) is 5. The van der Waals surface area contributed by atoms with Crippen LogP contribution in [0.25, 0.3) is 27.1 Å². The molecule has 118 valence electrons. The van der Waals surface area contributed by atoms with Gasteiger partial charge in [-0.1, -0.05) is 48.6 Å². The summed E-state index contributed by atoms with van der Waals surface area (Å²) in [6.45, 7) is 2.87. The van der Waals surface area contributed by atoms with E-state index in [1.807, 2.05) is 18.2 Å². The van der Waals surface area contributed by atoms with Gasteiger partial charge in [0.25, 0.3) is 0 Å². The molecule has 24 heavy (non-hydrogen) atoms. The van der Waals surface area contributed by atoms with Gasteiger partial charge in [-0.2, -0.15) is 0 Å². The summed E-state index contributed by atoms with van der Waals surface area (Å²) in [6, 6.07) is 14.5. The van der Waals surface area contributed by atoms with Crippen molar-refractivity contribution < 1.29 is 0 Å². The molecule has 0 bridgehead atoms. The van der Waals surface area contributed by atoms with Crippen molar-refractivity contribution in [3.63, 3.8) is 0 Å². The molecule has 0 saturated heterocycles. The number of aryl methyl sites for hydroxylation is 1. The number of aromatic nitrogens is 5. The molecule has 1 aliphatic rings. The molecule has 1 aromatic carbocycles. The maximum atomic E-state index is 4.93. The van der Waals surface area contributed by atoms with E-state index in [4.69, 9.17) is 4.98 Å². The third-order valence-electron chi connectivity index (χ3n) is 4.33. The van der Waals surface area contributed by atoms with E-state index in [0.717, 1.165) is 51.6 Å². The quantitative estimate of drug-likeness (QED) is 0.494. The van der Waals surface area contributed by atoms with E-state index in [9.17, 15) is 0 Å². The van der Waals surface area contributed by atoms with Crippen LogP contribution in [0.2, 0.25) is 0 Å². The Kier molecular flexibility index (Phi) is 2.93. The molecule has 0 atom stereocenters. The highest BCUT2D eigenvalue weighted by molar-refractivity contribution is 7.17. The number of hydrogen-bond acceptors (Lipinski definition) is 4. The molecule has 5 nitrogen and oxygen atoms in total. The number of benzene rings is 1. The average molecular weight is 333 g/mol. The van der Waals surface area contributed by atoms with Crippen LogP contribution in [0.5, 0.6) is 0 Å². The summed E-state index contributed by atoms with van der Waals surface area (Å²) in [5.41, 5.74) is 3.31. The van der Waals surface area contributed by atoms with Crippen LogP contribution in [0.15, 0.2) is 48.7 Å². The first-order valence-electron chi connectivity index (χ1n) is 8.00. The Hall–Kier alpha value is -2.73. The second-order valence-electron chi connectivity index (χ2n) is 5.79. The van der Waals surface area contributed by atoms with Crippen molar-refractivity contribution in [3.05, 3.63) is 60.2 Å². The van der Waals surface area contributed by atoms with Gasteiger partial charge in [-0.3, -0.25) is 4.57 Å². The van der Waals surface area contributed by atoms with E-state index < -0.39 is 0 Å². The first-order chi connectivity index (χ1) is 11.8. The molecule has 0 spiro atoms. The standard InChI is InChI=1S/C18H15N5S/c1-2-15-20-21-16-14-9-6-10-22(14)11-13-18(23(15)16)24-17(19-13)12-7-4-3-5-8-12/h3-10H,2,11H2,1H3. The molecule has 5 rings (SSSR count). The van der Waals surface area contributed by atoms with Crippen molar-refractivity contribution in [1.29, 1.82) is 0 Å². The minimum absolute atomic E-state index is 0.757. The fourth-order valence-electron chi connectivity index (χ4n) is 3.17. The predicted molar refractivity (Wildman–Crippen MR) is 94.4 cm³/mol. The molecule has 1 aliphatic heterocycles. The maximum Gasteiger partial charge on any atom is 0.185 e. The predicted octanol–water partition coefficient (Wildman–Crippen LogP) is 3.78. The van der Waals surface area contributed by atoms with Gasteiger partial charge < -0.3 is 4.57 Å². The van der Waals surface area contributed by atoms with E-state index in [0.29, 0.717) is 0 Å². The van der Waals surface area contributed by atoms with Crippen molar-refractivity contribution in [3.8, 4) is 27.1 Å². The van der Waals surface area contributed by atoms with E-state index in [-0.39, 0.29) is 0 Å². The van der Waals surface area contributed by atoms with Crippen LogP contribution >= 0.6 is 11.3 Å². The fraction of sp³-hybridized carbons (Fsp3) is 0.167. The lowest BCUT2D eigenvalue weighted by molar-refractivity contribution is 0.794. The zero-order valence-electron chi connectivity index (χ0n) is 13.2. The molecular weight excluding hydrogens is 318 g/mol. The van der Waals surface area contributed by atoms with Gasteiger partial charge in [-0.15, -0.1) is 10.2 Å². The zero-order valence-corrected chi connectivity index (χ0v) is 14.0. The van der Waals surface area contributed by atoms with Crippen molar-refractivity contribution in [2.75, 3.05) is 0 Å². The minimum Gasteiger partial charge on any atom is -0.339 e. The molecule has 4 aromatic rings. The Morgan fingerprint density at radius 2 is 1.96 bits per heavy atom. The Morgan fingerprint density at radius 1 is 1.08 bits per heavy atom. The Bertz CT molecular complexity index is 1030. The third kappa shape index (κ3) is 1.89. The van der Waals surface area contributed by atoms with Gasteiger partial charge in [0.1, 0.15) is 15.8 Å². The highest BCUT2D eigenvalue weighted by Crippen LogP contribution is 2.37. The highest BCUT2D eigenvalue weighted by atomic mass is 32.1. The lowest BCUT2D eigenvalue weighted by Crippen LogP contribution is -2.01. The summed E-state index contributed by atoms with van der Waals surface area (Å²) in [5.74, 6) is 1.88. The maximum absolute atomic E-state index is 4.93. The van der Waals surface area contributed by atoms with Crippen LogP contribution in [0.4, 0.5) is 0 Å². The molecule has 6 heteroatoms. The molecule has 3 aromatic heterocycles. The minimum atomic E-state index is 0.757. The topological polar surface area (TPSA) is 48.5 Å². The monoisotopic (exact) mass is 333 g/mol. The zero-order chi connectivity index (χ0) is 16.1. The molecule has 0 unspecified atom stereocenters. The van der Waals surface area contributed by atoms with Crippen LogP contribution in [-0.2, 0) is 13.0 Å². The van der Waals surface area contributed by atoms with Crippen molar-refractivity contribution in [2.45, 2.75) is 19.9 Å². The van der Waals surface area contributed by atoms with Crippen LogP contribution in [-0.4, -0.2) is 24.3 Å². The van der Waals surface area contributed by atoms with E-state index in [1.165, 1.54) is 0 Å². The molecular formula is C18H15N5S. The van der Waals surface area contributed by atoms with Gasteiger partial charge in [0, 0.05) is 18.2 Å². The SMILES string of the molecule is CCc1nnc2n1-c1sc(-c3ccccc3)nc1Cn1cccc1-2. The molecule has 0 saturated carbocycles. The van der Waals surface area contributed by atoms with Crippen LogP contribution in [0.3, 0.4) is 0 Å². The van der Waals surface area contributed by atoms with E-state index >= 15 is 0 Å². The van der Waals surface area contributed by atoms with Gasteiger partial charge in [-0.25, -0.2) is 4.98 Å². The lowest BCUT2D eigenvalue weighted by Gasteiger charge is -2.04. The van der Waals surface area contributed by atoms with Gasteiger partial charge in [0.05, 0.1) is 17.9 Å². The Balaban J connectivity index is 1.78. The lowest BCUT2D eigenvalue weighted by atomic mass is 10.2. The fourth-order valence-corrected chi connectivity index (χ4v) is 4.27. The van der Waals surface area contributed by atoms with Crippen molar-refractivity contribution >= 4 is 11.3 Å². The van der Waals surface area contributed by atoms with E-state index in [2.05, 4.69) is 56.7 Å². The van der Waals surface area contributed by atoms with Gasteiger partial charge in [0.2, 0.25) is 0 Å². The largest absolute Gasteiger partial charge is 0.339 e. The molecule has 0 radical (unpaired) electrons. The summed E-state index contributed by atoms with van der Waals surface area (Å²) in [6.07, 6.45) is 2.92. The van der Waals surface area contributed by atoms with Gasteiger partial charge in [0.15, 0.2) is 5.82 Å². The number of hydrogen-bond donors (Lipinski definition) is 0. The molecule has 0 fully saturated rings. The van der Waals surface area contributed by atoms with Crippen LogP contribution in [0, 0.1) is 0 Å². The van der Waals surface area contributed by atoms with Crippen LogP contribution < -0.4 is 0 Å². The summed E-state index contributed by atoms with van der Waals surface area (Å²) in [4.78, 5) is 4.93. The smallest absolute Gasteiger partial charge is 0.185 e. The summed E-state index contributed by atoms with van der Waals surface area (Å²) < 4.78 is 4.37. The number of rotatable bonds is 2. The molecule has 4 heterocycles. The third-order valence-corrected chi connectivity index (χ3v) is 5.46. The highest BCUT2D eigenvalue weighted by Gasteiger charge is 2.26. The molecule has 0 aliphatic carbocycles. The second-order valence-corrected chi connectivity index (χ2v) is 6.76. The molecule has 0 amide bonds. The second kappa shape index (κ2) is 5.14. The van der Waals surface area contributed by atoms with Crippen molar-refractivity contribution in [2.24, 2.45) is 0 Å². The first-order valence-corrected chi connectivity index (χ1v) is 8.82. The average Bonchev–Trinajstić information content (AvgIpc) is 3.32. The van der Waals surface area contributed by atoms with E-state index in [1.54, 1.807) is 11.3 Å². The number of thiazole rings is 1. The summed E-state index contributed by atoms with van der Waals surface area (Å²) in [5, 5.41) is 11.0.